The van der Waals surface area contributed by atoms with Gasteiger partial charge in [-0.25, -0.2) is 4.98 Å². The molecule has 1 unspecified atom stereocenters. The van der Waals surface area contributed by atoms with E-state index in [9.17, 15) is 13.2 Å². The summed E-state index contributed by atoms with van der Waals surface area (Å²) in [5.41, 5.74) is 1.03. The smallest absolute Gasteiger partial charge is 0.328 e. The van der Waals surface area contributed by atoms with Crippen LogP contribution >= 0.6 is 0 Å². The second kappa shape index (κ2) is 6.00. The average Bonchev–Trinajstić information content (AvgIpc) is 3.16. The molecule has 1 aliphatic heterocycles. The van der Waals surface area contributed by atoms with E-state index in [4.69, 9.17) is 0 Å². The molecule has 1 fully saturated rings. The van der Waals surface area contributed by atoms with Crippen LogP contribution in [-0.4, -0.2) is 16.1 Å². The molecule has 23 heavy (non-hydrogen) atoms. The number of benzene rings is 1. The van der Waals surface area contributed by atoms with Crippen molar-refractivity contribution in [2.75, 3.05) is 6.54 Å². The van der Waals surface area contributed by atoms with Crippen LogP contribution in [0.2, 0.25) is 0 Å². The molecule has 1 saturated heterocycles. The van der Waals surface area contributed by atoms with Crippen LogP contribution in [0, 0.1) is 0 Å². The fourth-order valence-corrected chi connectivity index (χ4v) is 2.97. The van der Waals surface area contributed by atoms with Crippen LogP contribution in [0.25, 0.3) is 11.4 Å². The lowest BCUT2D eigenvalue weighted by atomic mass is 10.0. The Hall–Kier alpha value is -1.82. The van der Waals surface area contributed by atoms with Crippen molar-refractivity contribution in [3.63, 3.8) is 0 Å². The summed E-state index contributed by atoms with van der Waals surface area (Å²) < 4.78 is 40.4. The van der Waals surface area contributed by atoms with Crippen molar-refractivity contribution >= 4 is 0 Å². The quantitative estimate of drug-likeness (QED) is 0.896. The highest BCUT2D eigenvalue weighted by Crippen LogP contribution is 2.33. The Balaban J connectivity index is 1.95. The molecule has 1 aliphatic rings. The van der Waals surface area contributed by atoms with Crippen molar-refractivity contribution in [1.82, 2.24) is 14.9 Å². The van der Waals surface area contributed by atoms with Crippen LogP contribution in [0.3, 0.4) is 0 Å². The number of hydrogen-bond acceptors (Lipinski definition) is 2. The summed E-state index contributed by atoms with van der Waals surface area (Å²) in [7, 11) is 0. The predicted octanol–water partition coefficient (Wildman–Crippen LogP) is 4.57. The predicted molar refractivity (Wildman–Crippen MR) is 83.0 cm³/mol. The largest absolute Gasteiger partial charge is 0.434 e. The molecule has 2 aromatic rings. The second-order valence-electron chi connectivity index (χ2n) is 6.22. The minimum Gasteiger partial charge on any atom is -0.328 e. The number of nitrogens with zero attached hydrogens (tertiary/aromatic N) is 2. The van der Waals surface area contributed by atoms with E-state index in [1.165, 1.54) is 5.56 Å². The van der Waals surface area contributed by atoms with E-state index >= 15 is 0 Å². The maximum absolute atomic E-state index is 12.9. The molecule has 3 nitrogen and oxygen atoms in total. The molecule has 0 aliphatic carbocycles. The molecular formula is C17H20F3N3. The van der Waals surface area contributed by atoms with Crippen LogP contribution in [0.4, 0.5) is 13.2 Å². The molecule has 1 atom stereocenters. The summed E-state index contributed by atoms with van der Waals surface area (Å²) in [5, 5.41) is 3.42. The van der Waals surface area contributed by atoms with Gasteiger partial charge < -0.3 is 9.88 Å². The maximum Gasteiger partial charge on any atom is 0.434 e. The first-order valence-electron chi connectivity index (χ1n) is 7.86. The van der Waals surface area contributed by atoms with Crippen molar-refractivity contribution in [1.29, 1.82) is 0 Å². The Kier molecular flexibility index (Phi) is 4.19. The Morgan fingerprint density at radius 2 is 1.91 bits per heavy atom. The van der Waals surface area contributed by atoms with Crippen LogP contribution in [0.5, 0.6) is 0 Å². The highest BCUT2D eigenvalue weighted by Gasteiger charge is 2.35. The molecule has 1 aromatic carbocycles. The molecular weight excluding hydrogens is 303 g/mol. The molecule has 1 aromatic heterocycles. The number of alkyl halides is 3. The lowest BCUT2D eigenvalue weighted by Crippen LogP contribution is -2.12. The zero-order valence-corrected chi connectivity index (χ0v) is 13.2. The van der Waals surface area contributed by atoms with Gasteiger partial charge in [-0.2, -0.15) is 13.2 Å². The van der Waals surface area contributed by atoms with Gasteiger partial charge in [-0.1, -0.05) is 24.3 Å². The third-order valence-corrected chi connectivity index (χ3v) is 4.21. The van der Waals surface area contributed by atoms with E-state index in [1.54, 1.807) is 4.57 Å². The zero-order valence-electron chi connectivity index (χ0n) is 13.2. The van der Waals surface area contributed by atoms with Gasteiger partial charge in [0, 0.05) is 23.8 Å². The first kappa shape index (κ1) is 16.1. The van der Waals surface area contributed by atoms with Crippen LogP contribution in [0.15, 0.2) is 30.5 Å². The third kappa shape index (κ3) is 3.27. The summed E-state index contributed by atoms with van der Waals surface area (Å²) in [4.78, 5) is 3.82. The molecule has 0 amide bonds. The molecule has 0 radical (unpaired) electrons. The van der Waals surface area contributed by atoms with E-state index < -0.39 is 11.9 Å². The maximum atomic E-state index is 12.9. The highest BCUT2D eigenvalue weighted by atomic mass is 19.4. The molecule has 124 valence electrons. The zero-order chi connectivity index (χ0) is 16.6. The van der Waals surface area contributed by atoms with E-state index in [1.807, 2.05) is 38.1 Å². The van der Waals surface area contributed by atoms with Gasteiger partial charge in [0.15, 0.2) is 5.69 Å². The number of nitrogens with one attached hydrogen (secondary N) is 1. The SMILES string of the molecule is CC(C)n1cc(C(F)(F)F)nc1-c1ccc(C2CCCN2)cc1. The van der Waals surface area contributed by atoms with Crippen LogP contribution in [-0.2, 0) is 6.18 Å². The van der Waals surface area contributed by atoms with Crippen molar-refractivity contribution < 1.29 is 13.2 Å². The number of aromatic nitrogens is 2. The van der Waals surface area contributed by atoms with Gasteiger partial charge in [-0.3, -0.25) is 0 Å². The minimum absolute atomic E-state index is 0.0928. The van der Waals surface area contributed by atoms with Crippen molar-refractivity contribution in [3.8, 4) is 11.4 Å². The third-order valence-electron chi connectivity index (χ3n) is 4.21. The average molecular weight is 323 g/mol. The normalized spacial score (nSPS) is 18.8. The van der Waals surface area contributed by atoms with E-state index in [0.29, 0.717) is 17.4 Å². The second-order valence-corrected chi connectivity index (χ2v) is 6.22. The molecule has 0 saturated carbocycles. The fraction of sp³-hybridized carbons (Fsp3) is 0.471. The van der Waals surface area contributed by atoms with Gasteiger partial charge >= 0.3 is 6.18 Å². The number of halogens is 3. The Morgan fingerprint density at radius 1 is 1.22 bits per heavy atom. The molecule has 3 rings (SSSR count). The van der Waals surface area contributed by atoms with Gasteiger partial charge in [0.25, 0.3) is 0 Å². The summed E-state index contributed by atoms with van der Waals surface area (Å²) in [5.74, 6) is 0.359. The molecule has 1 N–H and O–H groups in total. The van der Waals surface area contributed by atoms with Crippen LogP contribution < -0.4 is 5.32 Å². The van der Waals surface area contributed by atoms with E-state index in [2.05, 4.69) is 10.3 Å². The molecule has 2 heterocycles. The topological polar surface area (TPSA) is 29.9 Å². The highest BCUT2D eigenvalue weighted by molar-refractivity contribution is 5.57. The lowest BCUT2D eigenvalue weighted by Gasteiger charge is -2.13. The number of rotatable bonds is 3. The van der Waals surface area contributed by atoms with Gasteiger partial charge in [0.1, 0.15) is 5.82 Å². The fourth-order valence-electron chi connectivity index (χ4n) is 2.97. The molecule has 0 spiro atoms. The van der Waals surface area contributed by atoms with Gasteiger partial charge in [-0.15, -0.1) is 0 Å². The van der Waals surface area contributed by atoms with Gasteiger partial charge in [0.2, 0.25) is 0 Å². The number of imidazole rings is 1. The summed E-state index contributed by atoms with van der Waals surface area (Å²) >= 11 is 0. The summed E-state index contributed by atoms with van der Waals surface area (Å²) in [6.45, 7) is 4.71. The molecule has 6 heteroatoms. The first-order chi connectivity index (χ1) is 10.9. The van der Waals surface area contributed by atoms with Crippen molar-refractivity contribution in [3.05, 3.63) is 41.7 Å². The van der Waals surface area contributed by atoms with Crippen molar-refractivity contribution in [2.45, 2.75) is 44.9 Å². The Bertz CT molecular complexity index is 665. The monoisotopic (exact) mass is 323 g/mol. The van der Waals surface area contributed by atoms with Gasteiger partial charge in [0.05, 0.1) is 0 Å². The van der Waals surface area contributed by atoms with E-state index in [-0.39, 0.29) is 6.04 Å². The Morgan fingerprint density at radius 3 is 2.43 bits per heavy atom. The van der Waals surface area contributed by atoms with Crippen molar-refractivity contribution in [2.24, 2.45) is 0 Å². The standard InChI is InChI=1S/C17H20F3N3/c1-11(2)23-10-15(17(18,19)20)22-16(23)13-7-5-12(6-8-13)14-4-3-9-21-14/h5-8,10-11,14,21H,3-4,9H2,1-2H3. The summed E-state index contributed by atoms with van der Waals surface area (Å²) in [6.07, 6.45) is -1.09. The Labute approximate surface area is 133 Å². The van der Waals surface area contributed by atoms with Gasteiger partial charge in [-0.05, 0) is 38.8 Å². The number of hydrogen-bond donors (Lipinski definition) is 1. The lowest BCUT2D eigenvalue weighted by molar-refractivity contribution is -0.140. The summed E-state index contributed by atoms with van der Waals surface area (Å²) in [6, 6.07) is 7.92. The first-order valence-corrected chi connectivity index (χ1v) is 7.86. The van der Waals surface area contributed by atoms with Crippen LogP contribution in [0.1, 0.15) is 50.0 Å². The molecule has 0 bridgehead atoms. The van der Waals surface area contributed by atoms with E-state index in [0.717, 1.165) is 25.6 Å². The minimum atomic E-state index is -4.43.